The Balaban J connectivity index is 0.000000220. The summed E-state index contributed by atoms with van der Waals surface area (Å²) in [4.78, 5) is 25.6. The normalized spacial score (nSPS) is 25.8. The van der Waals surface area contributed by atoms with Crippen LogP contribution in [-0.4, -0.2) is 83.1 Å². The molecule has 2 heterocycles. The van der Waals surface area contributed by atoms with Crippen LogP contribution in [0.15, 0.2) is 0 Å². The first kappa shape index (κ1) is 19.2. The van der Waals surface area contributed by atoms with Crippen molar-refractivity contribution in [3.8, 4) is 0 Å². The van der Waals surface area contributed by atoms with Gasteiger partial charge in [0.15, 0.2) is 0 Å². The summed E-state index contributed by atoms with van der Waals surface area (Å²) in [7, 11) is 0. The first-order valence-electron chi connectivity index (χ1n) is 8.16. The van der Waals surface area contributed by atoms with Gasteiger partial charge in [-0.25, -0.2) is 0 Å². The van der Waals surface area contributed by atoms with E-state index in [0.717, 1.165) is 38.8 Å². The van der Waals surface area contributed by atoms with E-state index in [9.17, 15) is 9.59 Å². The lowest BCUT2D eigenvalue weighted by molar-refractivity contribution is -0.119. The zero-order chi connectivity index (χ0) is 16.5. The van der Waals surface area contributed by atoms with Gasteiger partial charge >= 0.3 is 0 Å². The zero-order valence-electron chi connectivity index (χ0n) is 13.8. The molecule has 6 nitrogen and oxygen atoms in total. The minimum absolute atomic E-state index is 0.186. The summed E-state index contributed by atoms with van der Waals surface area (Å²) in [5.41, 5.74) is 0. The standard InChI is InChI=1S/2C8H15NO2/c2*1-7(11)5-9-4-2-3-8(9)6-10/h2*8,10H,2-6H2,1H3/t2*8-/m10/s1. The van der Waals surface area contributed by atoms with Crippen molar-refractivity contribution < 1.29 is 19.8 Å². The Morgan fingerprint density at radius 2 is 1.23 bits per heavy atom. The number of aliphatic hydroxyl groups excluding tert-OH is 2. The number of carbonyl (C=O) groups is 2. The molecule has 0 saturated carbocycles. The third kappa shape index (κ3) is 6.52. The first-order valence-corrected chi connectivity index (χ1v) is 8.16. The van der Waals surface area contributed by atoms with Crippen molar-refractivity contribution in [2.75, 3.05) is 39.4 Å². The van der Waals surface area contributed by atoms with Gasteiger partial charge in [0.05, 0.1) is 26.3 Å². The van der Waals surface area contributed by atoms with Crippen LogP contribution in [-0.2, 0) is 9.59 Å². The number of ketones is 2. The molecule has 0 aromatic carbocycles. The molecule has 0 spiro atoms. The SMILES string of the molecule is CC(=O)CN1CCC[C@@H]1CO.CC(=O)CN1CCC[C@H]1CO. The van der Waals surface area contributed by atoms with Crippen LogP contribution in [0.2, 0.25) is 0 Å². The fraction of sp³-hybridized carbons (Fsp3) is 0.875. The van der Waals surface area contributed by atoms with Gasteiger partial charge in [0, 0.05) is 12.1 Å². The number of Topliss-reactive ketones (excluding diaryl/α,β-unsaturated/α-hetero) is 2. The second-order valence-electron chi connectivity index (χ2n) is 6.30. The summed E-state index contributed by atoms with van der Waals surface area (Å²) >= 11 is 0. The van der Waals surface area contributed by atoms with Crippen molar-refractivity contribution in [3.63, 3.8) is 0 Å². The lowest BCUT2D eigenvalue weighted by Crippen LogP contribution is -2.35. The molecule has 2 atom stereocenters. The highest BCUT2D eigenvalue weighted by molar-refractivity contribution is 5.78. The van der Waals surface area contributed by atoms with Crippen LogP contribution in [0.1, 0.15) is 39.5 Å². The molecule has 2 fully saturated rings. The van der Waals surface area contributed by atoms with Gasteiger partial charge in [-0.05, 0) is 52.6 Å². The van der Waals surface area contributed by atoms with Gasteiger partial charge in [0.1, 0.15) is 11.6 Å². The third-order valence-corrected chi connectivity index (χ3v) is 4.27. The van der Waals surface area contributed by atoms with Crippen LogP contribution >= 0.6 is 0 Å². The lowest BCUT2D eigenvalue weighted by atomic mass is 10.2. The van der Waals surface area contributed by atoms with Gasteiger partial charge in [0.25, 0.3) is 0 Å². The minimum Gasteiger partial charge on any atom is -0.395 e. The van der Waals surface area contributed by atoms with Crippen molar-refractivity contribution in [1.82, 2.24) is 9.80 Å². The van der Waals surface area contributed by atoms with E-state index < -0.39 is 0 Å². The van der Waals surface area contributed by atoms with E-state index in [0.29, 0.717) is 13.1 Å². The van der Waals surface area contributed by atoms with Crippen molar-refractivity contribution in [2.24, 2.45) is 0 Å². The molecule has 2 aliphatic heterocycles. The van der Waals surface area contributed by atoms with Crippen LogP contribution in [0.5, 0.6) is 0 Å². The van der Waals surface area contributed by atoms with Crippen LogP contribution < -0.4 is 0 Å². The van der Waals surface area contributed by atoms with E-state index in [4.69, 9.17) is 10.2 Å². The number of rotatable bonds is 6. The van der Waals surface area contributed by atoms with Gasteiger partial charge in [-0.2, -0.15) is 0 Å². The second kappa shape index (κ2) is 10.0. The number of hydrogen-bond acceptors (Lipinski definition) is 6. The Morgan fingerprint density at radius 1 is 0.864 bits per heavy atom. The van der Waals surface area contributed by atoms with E-state index in [2.05, 4.69) is 9.80 Å². The van der Waals surface area contributed by atoms with Crippen LogP contribution in [0.3, 0.4) is 0 Å². The predicted molar refractivity (Wildman–Crippen MR) is 84.7 cm³/mol. The van der Waals surface area contributed by atoms with Crippen LogP contribution in [0.4, 0.5) is 0 Å². The van der Waals surface area contributed by atoms with Gasteiger partial charge in [-0.3, -0.25) is 19.4 Å². The average Bonchev–Trinajstić information content (AvgIpc) is 3.07. The molecule has 0 bridgehead atoms. The summed E-state index contributed by atoms with van der Waals surface area (Å²) in [5.74, 6) is 0.371. The maximum Gasteiger partial charge on any atom is 0.143 e. The molecule has 2 N–H and O–H groups in total. The maximum atomic E-state index is 10.7. The fourth-order valence-corrected chi connectivity index (χ4v) is 3.19. The molecule has 0 aromatic heterocycles. The lowest BCUT2D eigenvalue weighted by Gasteiger charge is -2.20. The molecule has 128 valence electrons. The summed E-state index contributed by atoms with van der Waals surface area (Å²) in [6, 6.07) is 0.470. The Bertz CT molecular complexity index is 328. The van der Waals surface area contributed by atoms with Gasteiger partial charge in [0.2, 0.25) is 0 Å². The Kier molecular flexibility index (Phi) is 8.78. The van der Waals surface area contributed by atoms with Crippen LogP contribution in [0, 0.1) is 0 Å². The monoisotopic (exact) mass is 314 g/mol. The Hall–Kier alpha value is -0.820. The molecule has 6 heteroatoms. The highest BCUT2D eigenvalue weighted by atomic mass is 16.3. The number of likely N-dealkylation sites (tertiary alicyclic amines) is 2. The molecular weight excluding hydrogens is 284 g/mol. The number of aliphatic hydroxyl groups is 2. The third-order valence-electron chi connectivity index (χ3n) is 4.27. The van der Waals surface area contributed by atoms with Crippen molar-refractivity contribution in [1.29, 1.82) is 0 Å². The molecule has 0 aromatic rings. The summed E-state index contributed by atoms with van der Waals surface area (Å²) in [5, 5.41) is 17.8. The topological polar surface area (TPSA) is 81.1 Å². The average molecular weight is 314 g/mol. The summed E-state index contributed by atoms with van der Waals surface area (Å²) in [6.45, 7) is 6.49. The van der Waals surface area contributed by atoms with E-state index in [1.165, 1.54) is 0 Å². The number of hydrogen-bond donors (Lipinski definition) is 2. The molecule has 0 aliphatic carbocycles. The van der Waals surface area contributed by atoms with E-state index in [1.54, 1.807) is 13.8 Å². The van der Waals surface area contributed by atoms with Gasteiger partial charge in [-0.1, -0.05) is 0 Å². The number of carbonyl (C=O) groups excluding carboxylic acids is 2. The molecule has 22 heavy (non-hydrogen) atoms. The van der Waals surface area contributed by atoms with E-state index in [1.807, 2.05) is 0 Å². The Labute approximate surface area is 133 Å². The van der Waals surface area contributed by atoms with Crippen molar-refractivity contribution >= 4 is 11.6 Å². The predicted octanol–water partition coefficient (Wildman–Crippen LogP) is 0.0642. The molecule has 2 rings (SSSR count). The molecule has 2 saturated heterocycles. The first-order chi connectivity index (χ1) is 10.5. The highest BCUT2D eigenvalue weighted by Crippen LogP contribution is 2.16. The number of nitrogens with zero attached hydrogens (tertiary/aromatic N) is 2. The minimum atomic E-state index is 0.186. The Morgan fingerprint density at radius 3 is 1.50 bits per heavy atom. The molecule has 0 radical (unpaired) electrons. The second-order valence-corrected chi connectivity index (χ2v) is 6.30. The van der Waals surface area contributed by atoms with Crippen LogP contribution in [0.25, 0.3) is 0 Å². The molecular formula is C16H30N2O4. The molecule has 0 amide bonds. The highest BCUT2D eigenvalue weighted by Gasteiger charge is 2.24. The quantitative estimate of drug-likeness (QED) is 0.722. The zero-order valence-corrected chi connectivity index (χ0v) is 13.8. The van der Waals surface area contributed by atoms with Crippen molar-refractivity contribution in [2.45, 2.75) is 51.6 Å². The van der Waals surface area contributed by atoms with Gasteiger partial charge < -0.3 is 10.2 Å². The molecule has 0 unspecified atom stereocenters. The fourth-order valence-electron chi connectivity index (χ4n) is 3.19. The van der Waals surface area contributed by atoms with E-state index >= 15 is 0 Å². The van der Waals surface area contributed by atoms with Gasteiger partial charge in [-0.15, -0.1) is 0 Å². The van der Waals surface area contributed by atoms with E-state index in [-0.39, 0.29) is 36.9 Å². The molecule has 2 aliphatic rings. The van der Waals surface area contributed by atoms with Crippen molar-refractivity contribution in [3.05, 3.63) is 0 Å². The maximum absolute atomic E-state index is 10.7. The smallest absolute Gasteiger partial charge is 0.143 e. The summed E-state index contributed by atoms with van der Waals surface area (Å²) in [6.07, 6.45) is 4.28. The summed E-state index contributed by atoms with van der Waals surface area (Å²) < 4.78 is 0. The largest absolute Gasteiger partial charge is 0.395 e.